The van der Waals surface area contributed by atoms with Gasteiger partial charge in [-0.05, 0) is 98.0 Å². The molecule has 0 radical (unpaired) electrons. The number of aliphatic imine (C=N–C) groups is 1. The molecule has 4 bridgehead atoms. The SMILES string of the molecule is C[C@H](O)C/C(C(=O)O)=C1/CC[C@]2(N=C(N)N)C=C[C@@]3(C[C@@]4(O)C=C[C@]5(O)C6=C7C(=O)C[C@@]3(C)[C@]64CCC#CC[C@]3(C)C(=O)CC[C@@]7(C)[C@@H]3[C@@H]5C3=Cc4ccccc4CC3)[C@H](CCO)[C@@]2(O)[C@@H]1O. The smallest absolute Gasteiger partial charge is 0.331 e. The van der Waals surface area contributed by atoms with Crippen LogP contribution in [0.25, 0.3) is 6.08 Å². The highest BCUT2D eigenvalue weighted by molar-refractivity contribution is 6.02. The lowest BCUT2D eigenvalue weighted by Gasteiger charge is -2.71. The molecule has 0 aliphatic heterocycles. The molecular formula is C54H65N3O10. The molecule has 1 aromatic carbocycles. The number of hydrogen-bond acceptors (Lipinski definition) is 10. The largest absolute Gasteiger partial charge is 0.478 e. The molecule has 67 heavy (non-hydrogen) atoms. The number of fused-ring (bicyclic) bond motifs is 4. The molecule has 0 saturated heterocycles. The number of carboxylic acids is 1. The molecule has 9 aliphatic rings. The molecule has 13 nitrogen and oxygen atoms in total. The van der Waals surface area contributed by atoms with Gasteiger partial charge in [-0.15, -0.1) is 11.8 Å². The number of Topliss-reactive ketones (excluding diaryl/α,β-unsaturated/α-hetero) is 2. The Morgan fingerprint density at radius 3 is 2.39 bits per heavy atom. The fourth-order valence-corrected chi connectivity index (χ4v) is 17.2. The van der Waals surface area contributed by atoms with E-state index in [0.717, 1.165) is 11.1 Å². The standard InChI is InChI=1S/C54H65N3O10/c1-30(59)26-35(44(63)64)34-14-20-50(57-45(55)56)22-21-49(37(16-25-58)54(50,67)43(34)62)29-51(65)23-24-52(66)39(33-13-12-31-10-6-7-11-32(31)27-33)41-46(2)17-8-5-9-18-53(51)42(52)40(36(60)28-48(49,53)4)47(41,3)19-15-38(46)61/h6-7,10-11,21-24,27,30,37,39,41,43,58-59,62,65-67H,9,12-20,25-26,28-29H2,1-4H3,(H,63,64)(H4,55,56,57)/b35-34+/t30-,37-,39-,41+,43+,46+,47+,48+,49+,50-,51-,52+,53-,54+/m0/s1. The van der Waals surface area contributed by atoms with Gasteiger partial charge in [0.05, 0.1) is 11.7 Å². The summed E-state index contributed by atoms with van der Waals surface area (Å²) in [6, 6.07) is 8.15. The zero-order valence-electron chi connectivity index (χ0n) is 38.9. The highest BCUT2D eigenvalue weighted by atomic mass is 16.4. The molecule has 13 heteroatoms. The predicted octanol–water partition coefficient (Wildman–Crippen LogP) is 4.13. The van der Waals surface area contributed by atoms with Crippen molar-refractivity contribution in [1.82, 2.24) is 0 Å². The molecule has 3 saturated carbocycles. The molecule has 356 valence electrons. The Morgan fingerprint density at radius 1 is 0.940 bits per heavy atom. The van der Waals surface area contributed by atoms with E-state index in [4.69, 9.17) is 11.5 Å². The summed E-state index contributed by atoms with van der Waals surface area (Å²) in [5.74, 6) is 2.30. The van der Waals surface area contributed by atoms with Crippen molar-refractivity contribution in [3.63, 3.8) is 0 Å². The van der Waals surface area contributed by atoms with Crippen molar-refractivity contribution >= 4 is 29.6 Å². The van der Waals surface area contributed by atoms with Crippen molar-refractivity contribution in [3.8, 4) is 11.8 Å². The number of aryl methyl sites for hydroxylation is 1. The summed E-state index contributed by atoms with van der Waals surface area (Å²) in [7, 11) is 0. The monoisotopic (exact) mass is 915 g/mol. The van der Waals surface area contributed by atoms with Gasteiger partial charge in [-0.3, -0.25) is 9.59 Å². The Balaban J connectivity index is 1.29. The van der Waals surface area contributed by atoms with Crippen LogP contribution in [0.4, 0.5) is 0 Å². The second-order valence-electron chi connectivity index (χ2n) is 22.5. The molecule has 0 unspecified atom stereocenters. The number of nitrogens with two attached hydrogens (primary N) is 2. The number of carboxylic acid groups (broad SMARTS) is 1. The van der Waals surface area contributed by atoms with E-state index >= 15 is 4.79 Å². The Bertz CT molecular complexity index is 2670. The third kappa shape index (κ3) is 5.49. The number of aliphatic carboxylic acids is 1. The maximum absolute atomic E-state index is 16.1. The highest BCUT2D eigenvalue weighted by Crippen LogP contribution is 2.84. The van der Waals surface area contributed by atoms with Crippen LogP contribution in [0.5, 0.6) is 0 Å². The van der Waals surface area contributed by atoms with E-state index in [0.29, 0.717) is 30.4 Å². The fraction of sp³-hybridized carbons (Fsp3) is 0.593. The number of aliphatic hydroxyl groups excluding tert-OH is 3. The summed E-state index contributed by atoms with van der Waals surface area (Å²) in [5, 5.41) is 87.4. The summed E-state index contributed by atoms with van der Waals surface area (Å²) in [6.07, 6.45) is 7.52. The first-order valence-electron chi connectivity index (χ1n) is 24.2. The third-order valence-electron chi connectivity index (χ3n) is 19.6. The number of rotatable bonds is 7. The minimum atomic E-state index is -2.46. The Labute approximate surface area is 391 Å². The summed E-state index contributed by atoms with van der Waals surface area (Å²) in [6.45, 7) is 6.89. The number of allylic oxidation sites excluding steroid dienone is 2. The summed E-state index contributed by atoms with van der Waals surface area (Å²) < 4.78 is 0. The minimum absolute atomic E-state index is 0.0151. The average Bonchev–Trinajstić information content (AvgIpc) is 3.42. The van der Waals surface area contributed by atoms with Gasteiger partial charge in [-0.25, -0.2) is 9.79 Å². The van der Waals surface area contributed by atoms with E-state index in [1.165, 1.54) is 12.5 Å². The number of guanidine groups is 1. The molecule has 9 aliphatic carbocycles. The fourth-order valence-electron chi connectivity index (χ4n) is 17.2. The number of carbonyl (C=O) groups excluding carboxylic acids is 2. The zero-order valence-corrected chi connectivity index (χ0v) is 38.9. The maximum atomic E-state index is 16.1. The van der Waals surface area contributed by atoms with Gasteiger partial charge in [0.15, 0.2) is 11.7 Å². The van der Waals surface area contributed by atoms with Crippen molar-refractivity contribution in [2.24, 2.45) is 61.3 Å². The van der Waals surface area contributed by atoms with E-state index in [1.54, 1.807) is 18.2 Å². The molecule has 11 N–H and O–H groups in total. The van der Waals surface area contributed by atoms with Crippen LogP contribution in [0.3, 0.4) is 0 Å². The lowest BCUT2D eigenvalue weighted by molar-refractivity contribution is -0.208. The van der Waals surface area contributed by atoms with Crippen LogP contribution in [0.1, 0.15) is 116 Å². The number of nitrogens with zero attached hydrogens (tertiary/aromatic N) is 1. The lowest BCUT2D eigenvalue weighted by atomic mass is 9.33. The van der Waals surface area contributed by atoms with Crippen LogP contribution >= 0.6 is 0 Å². The molecule has 0 aromatic heterocycles. The van der Waals surface area contributed by atoms with Gasteiger partial charge >= 0.3 is 5.97 Å². The van der Waals surface area contributed by atoms with E-state index < -0.39 is 97.9 Å². The van der Waals surface area contributed by atoms with Crippen molar-refractivity contribution in [2.45, 2.75) is 146 Å². The normalized spacial score (nSPS) is 45.6. The minimum Gasteiger partial charge on any atom is -0.478 e. The van der Waals surface area contributed by atoms with Crippen molar-refractivity contribution in [1.29, 1.82) is 0 Å². The van der Waals surface area contributed by atoms with Gasteiger partial charge in [-0.1, -0.05) is 74.9 Å². The highest BCUT2D eigenvalue weighted by Gasteiger charge is 2.86. The topological polar surface area (TPSA) is 257 Å². The van der Waals surface area contributed by atoms with E-state index in [9.17, 15) is 45.3 Å². The summed E-state index contributed by atoms with van der Waals surface area (Å²) in [5.41, 5.74) is 1.71. The van der Waals surface area contributed by atoms with Crippen LogP contribution in [0, 0.1) is 56.7 Å². The predicted molar refractivity (Wildman–Crippen MR) is 249 cm³/mol. The van der Waals surface area contributed by atoms with Gasteiger partial charge in [-0.2, -0.15) is 0 Å². The van der Waals surface area contributed by atoms with Gasteiger partial charge in [0.1, 0.15) is 28.6 Å². The second kappa shape index (κ2) is 14.7. The number of ketones is 2. The van der Waals surface area contributed by atoms with Gasteiger partial charge in [0, 0.05) is 83.4 Å². The van der Waals surface area contributed by atoms with E-state index in [1.807, 2.05) is 32.1 Å². The Morgan fingerprint density at radius 2 is 1.69 bits per heavy atom. The average molecular weight is 916 g/mol. The molecule has 0 heterocycles. The molecule has 0 amide bonds. The Hall–Kier alpha value is -4.68. The van der Waals surface area contributed by atoms with Crippen LogP contribution in [-0.2, 0) is 20.8 Å². The van der Waals surface area contributed by atoms with Crippen molar-refractivity contribution < 1.29 is 50.1 Å². The summed E-state index contributed by atoms with van der Waals surface area (Å²) in [4.78, 5) is 48.3. The lowest BCUT2D eigenvalue weighted by Crippen LogP contribution is -2.74. The first-order chi connectivity index (χ1) is 31.5. The van der Waals surface area contributed by atoms with Gasteiger partial charge < -0.3 is 47.2 Å². The number of carbonyl (C=O) groups is 3. The van der Waals surface area contributed by atoms with Crippen LogP contribution in [0.15, 0.2) is 81.4 Å². The molecule has 3 fully saturated rings. The molecule has 14 atom stereocenters. The van der Waals surface area contributed by atoms with E-state index in [2.05, 4.69) is 42.0 Å². The molecule has 10 rings (SSSR count). The first-order valence-corrected chi connectivity index (χ1v) is 24.2. The molecular weight excluding hydrogens is 851 g/mol. The van der Waals surface area contributed by atoms with Crippen LogP contribution in [0.2, 0.25) is 0 Å². The quantitative estimate of drug-likeness (QED) is 0.0616. The first kappa shape index (κ1) is 46.1. The van der Waals surface area contributed by atoms with Crippen molar-refractivity contribution in [3.05, 3.63) is 87.6 Å². The van der Waals surface area contributed by atoms with Gasteiger partial charge in [0.2, 0.25) is 0 Å². The Kier molecular flexibility index (Phi) is 10.1. The van der Waals surface area contributed by atoms with Crippen molar-refractivity contribution in [2.75, 3.05) is 6.61 Å². The summed E-state index contributed by atoms with van der Waals surface area (Å²) >= 11 is 0. The second-order valence-corrected chi connectivity index (χ2v) is 22.5. The third-order valence-corrected chi connectivity index (χ3v) is 19.6. The van der Waals surface area contributed by atoms with E-state index in [-0.39, 0.29) is 86.9 Å². The number of benzene rings is 1. The molecule has 2 spiro atoms. The van der Waals surface area contributed by atoms with Gasteiger partial charge in [0.25, 0.3) is 0 Å². The van der Waals surface area contributed by atoms with Crippen LogP contribution in [-0.4, -0.2) is 100 Å². The number of aliphatic hydroxyl groups is 6. The van der Waals surface area contributed by atoms with Crippen LogP contribution < -0.4 is 11.5 Å². The maximum Gasteiger partial charge on any atom is 0.331 e. The molecule has 1 aromatic rings. The number of hydrogen-bond donors (Lipinski definition) is 9. The zero-order chi connectivity index (χ0) is 48.1.